The number of carbonyl (C=O) groups excluding carboxylic acids is 1. The smallest absolute Gasteiger partial charge is 0.221 e. The molecule has 0 saturated carbocycles. The number of allylic oxidation sites excluding steroid dienone is 2. The molecular formula is C8H12NO. The van der Waals surface area contributed by atoms with Gasteiger partial charge in [-0.2, -0.15) is 0 Å². The van der Waals surface area contributed by atoms with Gasteiger partial charge < -0.3 is 5.32 Å². The van der Waals surface area contributed by atoms with Crippen LogP contribution in [-0.2, 0) is 4.79 Å². The minimum Gasteiger partial charge on any atom is -0.330 e. The second-order valence-electron chi connectivity index (χ2n) is 2.54. The predicted molar refractivity (Wildman–Crippen MR) is 39.0 cm³/mol. The Kier molecular flexibility index (Phi) is 2.49. The van der Waals surface area contributed by atoms with Gasteiger partial charge in [0.2, 0.25) is 5.91 Å². The molecule has 1 amide bonds. The summed E-state index contributed by atoms with van der Waals surface area (Å²) in [4.78, 5) is 10.5. The van der Waals surface area contributed by atoms with Crippen LogP contribution in [0.5, 0.6) is 0 Å². The van der Waals surface area contributed by atoms with Crippen molar-refractivity contribution in [2.45, 2.75) is 32.6 Å². The van der Waals surface area contributed by atoms with E-state index in [1.807, 2.05) is 0 Å². The van der Waals surface area contributed by atoms with Crippen LogP contribution < -0.4 is 5.32 Å². The zero-order valence-electron chi connectivity index (χ0n) is 6.24. The van der Waals surface area contributed by atoms with Crippen LogP contribution in [0.15, 0.2) is 5.70 Å². The highest BCUT2D eigenvalue weighted by atomic mass is 16.1. The van der Waals surface area contributed by atoms with Crippen LogP contribution in [-0.4, -0.2) is 5.91 Å². The average molecular weight is 138 g/mol. The molecule has 1 rings (SSSR count). The summed E-state index contributed by atoms with van der Waals surface area (Å²) >= 11 is 0. The van der Waals surface area contributed by atoms with E-state index < -0.39 is 0 Å². The molecule has 0 aliphatic heterocycles. The van der Waals surface area contributed by atoms with Crippen molar-refractivity contribution < 1.29 is 4.79 Å². The van der Waals surface area contributed by atoms with Gasteiger partial charge in [0.05, 0.1) is 0 Å². The van der Waals surface area contributed by atoms with Gasteiger partial charge in [0, 0.05) is 12.6 Å². The van der Waals surface area contributed by atoms with Gasteiger partial charge in [0.15, 0.2) is 0 Å². The quantitative estimate of drug-likeness (QED) is 0.582. The molecule has 2 heteroatoms. The Bertz CT molecular complexity index is 161. The van der Waals surface area contributed by atoms with E-state index in [1.165, 1.54) is 19.8 Å². The van der Waals surface area contributed by atoms with E-state index in [2.05, 4.69) is 11.4 Å². The van der Waals surface area contributed by atoms with Gasteiger partial charge in [-0.15, -0.1) is 0 Å². The summed E-state index contributed by atoms with van der Waals surface area (Å²) in [5, 5.41) is 2.75. The van der Waals surface area contributed by atoms with Crippen LogP contribution in [0.2, 0.25) is 0 Å². The predicted octanol–water partition coefficient (Wildman–Crippen LogP) is 1.38. The molecule has 0 bridgehead atoms. The zero-order valence-corrected chi connectivity index (χ0v) is 6.24. The topological polar surface area (TPSA) is 29.1 Å². The fourth-order valence-electron chi connectivity index (χ4n) is 1.07. The SMILES string of the molecule is CC(=O)NC1=[C]CCCC1. The number of nitrogens with one attached hydrogen (secondary N) is 1. The van der Waals surface area contributed by atoms with Crippen molar-refractivity contribution >= 4 is 5.91 Å². The van der Waals surface area contributed by atoms with Crippen molar-refractivity contribution in [1.82, 2.24) is 5.32 Å². The third kappa shape index (κ3) is 2.21. The molecule has 1 aliphatic rings. The zero-order chi connectivity index (χ0) is 7.40. The van der Waals surface area contributed by atoms with Gasteiger partial charge >= 0.3 is 0 Å². The highest BCUT2D eigenvalue weighted by molar-refractivity contribution is 5.74. The standard InChI is InChI=1S/C8H12NO/c1-7(10)9-8-5-3-2-4-6-8/h2-5H2,1H3,(H,9,10). The molecule has 0 fully saturated rings. The molecule has 0 aromatic carbocycles. The number of hydrogen-bond acceptors (Lipinski definition) is 1. The lowest BCUT2D eigenvalue weighted by atomic mass is 10.1. The molecule has 0 saturated heterocycles. The monoisotopic (exact) mass is 138 g/mol. The molecule has 0 aromatic heterocycles. The van der Waals surface area contributed by atoms with Crippen molar-refractivity contribution in [2.24, 2.45) is 0 Å². The van der Waals surface area contributed by atoms with E-state index in [-0.39, 0.29) is 5.91 Å². The summed E-state index contributed by atoms with van der Waals surface area (Å²) in [5.41, 5.74) is 0.985. The molecule has 0 aromatic rings. The van der Waals surface area contributed by atoms with E-state index in [0.717, 1.165) is 18.5 Å². The number of rotatable bonds is 1. The Hall–Kier alpha value is -0.790. The second kappa shape index (κ2) is 3.40. The maximum atomic E-state index is 10.5. The van der Waals surface area contributed by atoms with Gasteiger partial charge in [0.1, 0.15) is 0 Å². The Morgan fingerprint density at radius 1 is 1.60 bits per heavy atom. The third-order valence-corrected chi connectivity index (χ3v) is 1.52. The maximum absolute atomic E-state index is 10.5. The Balaban J connectivity index is 2.38. The van der Waals surface area contributed by atoms with Crippen LogP contribution in [0.3, 0.4) is 0 Å². The van der Waals surface area contributed by atoms with Crippen LogP contribution in [0.25, 0.3) is 0 Å². The van der Waals surface area contributed by atoms with Crippen molar-refractivity contribution in [1.29, 1.82) is 0 Å². The van der Waals surface area contributed by atoms with E-state index in [4.69, 9.17) is 0 Å². The van der Waals surface area contributed by atoms with E-state index in [9.17, 15) is 4.79 Å². The van der Waals surface area contributed by atoms with Crippen LogP contribution in [0.1, 0.15) is 32.6 Å². The van der Waals surface area contributed by atoms with Gasteiger partial charge in [-0.3, -0.25) is 4.79 Å². The average Bonchev–Trinajstić information content (AvgIpc) is 1.88. The largest absolute Gasteiger partial charge is 0.330 e. The summed E-state index contributed by atoms with van der Waals surface area (Å²) in [6.45, 7) is 1.53. The van der Waals surface area contributed by atoms with Crippen molar-refractivity contribution in [3.8, 4) is 0 Å². The normalized spacial score (nSPS) is 17.9. The van der Waals surface area contributed by atoms with Gasteiger partial charge in [-0.1, -0.05) is 0 Å². The highest BCUT2D eigenvalue weighted by Crippen LogP contribution is 2.13. The van der Waals surface area contributed by atoms with Crippen LogP contribution >= 0.6 is 0 Å². The summed E-state index contributed by atoms with van der Waals surface area (Å²) in [6, 6.07) is 0. The summed E-state index contributed by atoms with van der Waals surface area (Å²) < 4.78 is 0. The Morgan fingerprint density at radius 3 is 2.90 bits per heavy atom. The first-order valence-electron chi connectivity index (χ1n) is 3.66. The molecule has 1 N–H and O–H groups in total. The van der Waals surface area contributed by atoms with E-state index >= 15 is 0 Å². The third-order valence-electron chi connectivity index (χ3n) is 1.52. The first-order valence-corrected chi connectivity index (χ1v) is 3.66. The summed E-state index contributed by atoms with van der Waals surface area (Å²) in [7, 11) is 0. The minimum atomic E-state index is 0.0180. The fourth-order valence-corrected chi connectivity index (χ4v) is 1.07. The molecule has 1 radical (unpaired) electrons. The second-order valence-corrected chi connectivity index (χ2v) is 2.54. The maximum Gasteiger partial charge on any atom is 0.221 e. The summed E-state index contributed by atoms with van der Waals surface area (Å²) in [5.74, 6) is 0.0180. The van der Waals surface area contributed by atoms with Crippen molar-refractivity contribution in [2.75, 3.05) is 0 Å². The van der Waals surface area contributed by atoms with Crippen LogP contribution in [0, 0.1) is 6.08 Å². The molecule has 0 heterocycles. The number of hydrogen-bond donors (Lipinski definition) is 1. The summed E-state index contributed by atoms with van der Waals surface area (Å²) in [6.07, 6.45) is 7.51. The lowest BCUT2D eigenvalue weighted by Gasteiger charge is -2.11. The van der Waals surface area contributed by atoms with Gasteiger partial charge in [-0.25, -0.2) is 0 Å². The van der Waals surface area contributed by atoms with Gasteiger partial charge in [0.25, 0.3) is 0 Å². The van der Waals surface area contributed by atoms with Crippen LogP contribution in [0.4, 0.5) is 0 Å². The molecule has 0 unspecified atom stereocenters. The Morgan fingerprint density at radius 2 is 2.40 bits per heavy atom. The minimum absolute atomic E-state index is 0.0180. The molecular weight excluding hydrogens is 126 g/mol. The number of carbonyl (C=O) groups is 1. The molecule has 0 atom stereocenters. The molecule has 2 nitrogen and oxygen atoms in total. The lowest BCUT2D eigenvalue weighted by Crippen LogP contribution is -2.20. The molecule has 0 spiro atoms. The lowest BCUT2D eigenvalue weighted by molar-refractivity contribution is -0.118. The Labute approximate surface area is 61.3 Å². The molecule has 55 valence electrons. The van der Waals surface area contributed by atoms with Crippen molar-refractivity contribution in [3.05, 3.63) is 11.8 Å². The van der Waals surface area contributed by atoms with E-state index in [1.54, 1.807) is 0 Å². The molecule has 10 heavy (non-hydrogen) atoms. The first kappa shape index (κ1) is 7.32. The fraction of sp³-hybridized carbons (Fsp3) is 0.625. The number of amides is 1. The molecule has 1 aliphatic carbocycles. The van der Waals surface area contributed by atoms with E-state index in [0.29, 0.717) is 0 Å². The first-order chi connectivity index (χ1) is 4.79. The van der Waals surface area contributed by atoms with Crippen molar-refractivity contribution in [3.63, 3.8) is 0 Å². The van der Waals surface area contributed by atoms with Gasteiger partial charge in [-0.05, 0) is 31.8 Å². The highest BCUT2D eigenvalue weighted by Gasteiger charge is 2.03.